The monoisotopic (exact) mass is 367 g/mol. The molecular weight excluding hydrogens is 342 g/mol. The molecule has 5 heteroatoms. The first-order valence-corrected chi connectivity index (χ1v) is 8.99. The Balaban J connectivity index is 1.78. The number of ether oxygens (including phenoxy) is 2. The Labute approximate surface area is 160 Å². The van der Waals surface area contributed by atoms with Crippen LogP contribution in [0.5, 0.6) is 0 Å². The van der Waals surface area contributed by atoms with Crippen LogP contribution in [0.25, 0.3) is 0 Å². The average Bonchev–Trinajstić information content (AvgIpc) is 2.72. The molecular formula is C22H25NO4. The number of hydrogen-bond acceptors (Lipinski definition) is 4. The van der Waals surface area contributed by atoms with Crippen LogP contribution in [0.4, 0.5) is 4.79 Å². The second-order valence-electron chi connectivity index (χ2n) is 6.03. The zero-order valence-corrected chi connectivity index (χ0v) is 15.5. The summed E-state index contributed by atoms with van der Waals surface area (Å²) in [6.45, 7) is 0.137. The van der Waals surface area contributed by atoms with Gasteiger partial charge in [0.05, 0.1) is 7.11 Å². The fourth-order valence-corrected chi connectivity index (χ4v) is 2.53. The van der Waals surface area contributed by atoms with Crippen molar-refractivity contribution in [3.63, 3.8) is 0 Å². The second-order valence-corrected chi connectivity index (χ2v) is 6.03. The number of benzene rings is 2. The molecule has 0 atom stereocenters. The molecule has 0 saturated heterocycles. The lowest BCUT2D eigenvalue weighted by Crippen LogP contribution is -2.28. The number of rotatable bonds is 9. The van der Waals surface area contributed by atoms with Crippen molar-refractivity contribution in [1.29, 1.82) is 0 Å². The van der Waals surface area contributed by atoms with Crippen LogP contribution in [0.15, 0.2) is 72.4 Å². The molecule has 0 heterocycles. The minimum Gasteiger partial charge on any atom is -0.464 e. The van der Waals surface area contributed by atoms with E-state index in [1.54, 1.807) is 6.08 Å². The van der Waals surface area contributed by atoms with Crippen molar-refractivity contribution >= 4 is 12.1 Å². The quantitative estimate of drug-likeness (QED) is 0.406. The number of alkyl carbamates (subject to hydrolysis) is 1. The molecule has 142 valence electrons. The summed E-state index contributed by atoms with van der Waals surface area (Å²) in [6.07, 6.45) is 4.54. The molecule has 0 bridgehead atoms. The van der Waals surface area contributed by atoms with E-state index in [1.165, 1.54) is 12.7 Å². The number of allylic oxidation sites excluding steroid dienone is 1. The molecule has 0 unspecified atom stereocenters. The number of amides is 1. The molecule has 0 radical (unpaired) electrons. The van der Waals surface area contributed by atoms with Gasteiger partial charge < -0.3 is 9.47 Å². The maximum atomic E-state index is 11.9. The van der Waals surface area contributed by atoms with Gasteiger partial charge in [-0.25, -0.2) is 9.59 Å². The normalized spacial score (nSPS) is 10.9. The van der Waals surface area contributed by atoms with E-state index in [0.29, 0.717) is 6.42 Å². The van der Waals surface area contributed by atoms with Gasteiger partial charge in [0, 0.05) is 0 Å². The van der Waals surface area contributed by atoms with Gasteiger partial charge >= 0.3 is 12.1 Å². The minimum atomic E-state index is -0.681. The number of methoxy groups -OCH3 is 1. The summed E-state index contributed by atoms with van der Waals surface area (Å²) in [6, 6.07) is 19.6. The summed E-state index contributed by atoms with van der Waals surface area (Å²) in [4.78, 5) is 23.8. The van der Waals surface area contributed by atoms with Crippen LogP contribution in [0.2, 0.25) is 0 Å². The second kappa shape index (κ2) is 11.5. The van der Waals surface area contributed by atoms with E-state index in [-0.39, 0.29) is 12.3 Å². The molecule has 0 aliphatic rings. The highest BCUT2D eigenvalue weighted by atomic mass is 16.6. The molecule has 1 N–H and O–H groups in total. The lowest BCUT2D eigenvalue weighted by atomic mass is 10.1. The lowest BCUT2D eigenvalue weighted by Gasteiger charge is -2.09. The van der Waals surface area contributed by atoms with Gasteiger partial charge in [-0.05, 0) is 36.8 Å². The van der Waals surface area contributed by atoms with Gasteiger partial charge in [0.1, 0.15) is 12.3 Å². The zero-order chi connectivity index (χ0) is 19.3. The number of carbonyl (C=O) groups is 2. The first kappa shape index (κ1) is 20.2. The molecule has 27 heavy (non-hydrogen) atoms. The Hall–Kier alpha value is -3.08. The van der Waals surface area contributed by atoms with Gasteiger partial charge in [0.25, 0.3) is 0 Å². The Morgan fingerprint density at radius 3 is 2.19 bits per heavy atom. The summed E-state index contributed by atoms with van der Waals surface area (Å²) in [5, 5.41) is 2.47. The smallest absolute Gasteiger partial charge is 0.412 e. The van der Waals surface area contributed by atoms with Crippen molar-refractivity contribution < 1.29 is 19.1 Å². The maximum absolute atomic E-state index is 11.9. The SMILES string of the molecule is COC(=O)/C(=C/CCCCc1ccccc1)NC(=O)OCc1ccccc1. The molecule has 2 aromatic rings. The van der Waals surface area contributed by atoms with E-state index in [2.05, 4.69) is 17.4 Å². The van der Waals surface area contributed by atoms with Gasteiger partial charge in [-0.1, -0.05) is 66.7 Å². The first-order valence-electron chi connectivity index (χ1n) is 8.99. The molecule has 0 aromatic heterocycles. The summed E-state index contributed by atoms with van der Waals surface area (Å²) >= 11 is 0. The van der Waals surface area contributed by atoms with Crippen molar-refractivity contribution in [2.45, 2.75) is 32.3 Å². The molecule has 0 fully saturated rings. The Bertz CT molecular complexity index is 741. The van der Waals surface area contributed by atoms with Crippen LogP contribution < -0.4 is 5.32 Å². The van der Waals surface area contributed by atoms with Gasteiger partial charge in [-0.15, -0.1) is 0 Å². The van der Waals surface area contributed by atoms with E-state index >= 15 is 0 Å². The number of esters is 1. The van der Waals surface area contributed by atoms with E-state index in [0.717, 1.165) is 24.8 Å². The number of carbonyl (C=O) groups excluding carboxylic acids is 2. The maximum Gasteiger partial charge on any atom is 0.412 e. The van der Waals surface area contributed by atoms with Crippen LogP contribution in [-0.2, 0) is 27.3 Å². The third kappa shape index (κ3) is 7.77. The van der Waals surface area contributed by atoms with Crippen molar-refractivity contribution in [2.75, 3.05) is 7.11 Å². The molecule has 1 amide bonds. The Kier molecular flexibility index (Phi) is 8.63. The molecule has 0 saturated carbocycles. The van der Waals surface area contributed by atoms with Crippen LogP contribution in [0.3, 0.4) is 0 Å². The molecule has 0 aliphatic heterocycles. The van der Waals surface area contributed by atoms with Crippen molar-refractivity contribution in [3.05, 3.63) is 83.6 Å². The molecule has 2 aromatic carbocycles. The summed E-state index contributed by atoms with van der Waals surface area (Å²) < 4.78 is 9.86. The standard InChI is InChI=1S/C22H25NO4/c1-26-21(24)20(16-10-4-7-13-18-11-5-2-6-12-18)23-22(25)27-17-19-14-8-3-9-15-19/h2-3,5-6,8-9,11-12,14-16H,4,7,10,13,17H2,1H3,(H,23,25)/b20-16-. The minimum absolute atomic E-state index is 0.107. The van der Waals surface area contributed by atoms with E-state index in [4.69, 9.17) is 9.47 Å². The fraction of sp³-hybridized carbons (Fsp3) is 0.273. The first-order chi connectivity index (χ1) is 13.2. The van der Waals surface area contributed by atoms with Crippen LogP contribution in [0.1, 0.15) is 30.4 Å². The van der Waals surface area contributed by atoms with E-state index in [1.807, 2.05) is 48.5 Å². The zero-order valence-electron chi connectivity index (χ0n) is 15.5. The molecule has 2 rings (SSSR count). The van der Waals surface area contributed by atoms with Gasteiger partial charge in [0.15, 0.2) is 0 Å². The van der Waals surface area contributed by atoms with E-state index < -0.39 is 12.1 Å². The van der Waals surface area contributed by atoms with Gasteiger partial charge in [-0.2, -0.15) is 0 Å². The summed E-state index contributed by atoms with van der Waals surface area (Å²) in [5.74, 6) is -0.588. The number of hydrogen-bond donors (Lipinski definition) is 1. The van der Waals surface area contributed by atoms with Crippen LogP contribution >= 0.6 is 0 Å². The molecule has 0 aliphatic carbocycles. The summed E-state index contributed by atoms with van der Waals surface area (Å²) in [5.41, 5.74) is 2.27. The third-order valence-electron chi connectivity index (χ3n) is 3.97. The highest BCUT2D eigenvalue weighted by Crippen LogP contribution is 2.08. The highest BCUT2D eigenvalue weighted by Gasteiger charge is 2.13. The highest BCUT2D eigenvalue weighted by molar-refractivity contribution is 5.92. The van der Waals surface area contributed by atoms with Crippen molar-refractivity contribution in [1.82, 2.24) is 5.32 Å². The average molecular weight is 367 g/mol. The predicted octanol–water partition coefficient (Wildman–Crippen LogP) is 4.38. The lowest BCUT2D eigenvalue weighted by molar-refractivity contribution is -0.136. The van der Waals surface area contributed by atoms with Gasteiger partial charge in [-0.3, -0.25) is 5.32 Å². The summed E-state index contributed by atoms with van der Waals surface area (Å²) in [7, 11) is 1.28. The van der Waals surface area contributed by atoms with Crippen molar-refractivity contribution in [3.8, 4) is 0 Å². The van der Waals surface area contributed by atoms with Crippen LogP contribution in [0, 0.1) is 0 Å². The largest absolute Gasteiger partial charge is 0.464 e. The van der Waals surface area contributed by atoms with Crippen molar-refractivity contribution in [2.24, 2.45) is 0 Å². The Morgan fingerprint density at radius 1 is 0.926 bits per heavy atom. The Morgan fingerprint density at radius 2 is 1.56 bits per heavy atom. The van der Waals surface area contributed by atoms with Gasteiger partial charge in [0.2, 0.25) is 0 Å². The molecule has 0 spiro atoms. The fourth-order valence-electron chi connectivity index (χ4n) is 2.53. The van der Waals surface area contributed by atoms with Crippen LogP contribution in [-0.4, -0.2) is 19.2 Å². The number of aryl methyl sites for hydroxylation is 1. The molecule has 5 nitrogen and oxygen atoms in total. The van der Waals surface area contributed by atoms with E-state index in [9.17, 15) is 9.59 Å². The number of nitrogens with one attached hydrogen (secondary N) is 1. The number of unbranched alkanes of at least 4 members (excludes halogenated alkanes) is 2. The topological polar surface area (TPSA) is 64.6 Å². The third-order valence-corrected chi connectivity index (χ3v) is 3.97. The predicted molar refractivity (Wildman–Crippen MR) is 104 cm³/mol.